The molecule has 0 aliphatic heterocycles. The zero-order chi connectivity index (χ0) is 16.0. The highest BCUT2D eigenvalue weighted by Crippen LogP contribution is 2.38. The summed E-state index contributed by atoms with van der Waals surface area (Å²) >= 11 is 0. The van der Waals surface area contributed by atoms with Crippen molar-refractivity contribution in [3.63, 3.8) is 0 Å². The second-order valence-corrected chi connectivity index (χ2v) is 6.24. The fourth-order valence-corrected chi connectivity index (χ4v) is 3.02. The highest BCUT2D eigenvalue weighted by atomic mass is 16.3. The Balaban J connectivity index is 2.30. The number of aromatic hydroxyl groups is 2. The van der Waals surface area contributed by atoms with Gasteiger partial charge in [0.15, 0.2) is 0 Å². The van der Waals surface area contributed by atoms with Gasteiger partial charge in [-0.3, -0.25) is 0 Å². The van der Waals surface area contributed by atoms with Crippen molar-refractivity contribution in [2.75, 3.05) is 0 Å². The zero-order valence-corrected chi connectivity index (χ0v) is 13.5. The molecule has 22 heavy (non-hydrogen) atoms. The van der Waals surface area contributed by atoms with Crippen LogP contribution in [-0.4, -0.2) is 10.2 Å². The lowest BCUT2D eigenvalue weighted by atomic mass is 9.72. The molecule has 2 aromatic carbocycles. The monoisotopic (exact) mass is 298 g/mol. The Morgan fingerprint density at radius 1 is 0.727 bits per heavy atom. The average Bonchev–Trinajstić information content (AvgIpc) is 2.52. The summed E-state index contributed by atoms with van der Waals surface area (Å²) in [6, 6.07) is 15.0. The molecule has 118 valence electrons. The molecule has 0 unspecified atom stereocenters. The minimum atomic E-state index is -0.102. The maximum absolute atomic E-state index is 9.54. The van der Waals surface area contributed by atoms with Gasteiger partial charge in [0.1, 0.15) is 11.5 Å². The summed E-state index contributed by atoms with van der Waals surface area (Å²) in [4.78, 5) is 0. The Hall–Kier alpha value is -1.96. The van der Waals surface area contributed by atoms with Crippen LogP contribution in [0.4, 0.5) is 0 Å². The van der Waals surface area contributed by atoms with E-state index in [0.717, 1.165) is 6.42 Å². The normalized spacial score (nSPS) is 11.5. The van der Waals surface area contributed by atoms with Crippen molar-refractivity contribution in [3.8, 4) is 11.5 Å². The van der Waals surface area contributed by atoms with Crippen molar-refractivity contribution >= 4 is 0 Å². The van der Waals surface area contributed by atoms with E-state index in [4.69, 9.17) is 0 Å². The van der Waals surface area contributed by atoms with Crippen LogP contribution in [0.15, 0.2) is 48.5 Å². The molecule has 2 N–H and O–H groups in total. The molecule has 2 rings (SSSR count). The molecular weight excluding hydrogens is 272 g/mol. The SMILES string of the molecule is CCCCCCC(C)(c1ccc(O)cc1)c1ccc(O)cc1. The van der Waals surface area contributed by atoms with E-state index < -0.39 is 0 Å². The Kier molecular flexibility index (Phi) is 5.48. The van der Waals surface area contributed by atoms with E-state index in [1.54, 1.807) is 24.3 Å². The van der Waals surface area contributed by atoms with Crippen molar-refractivity contribution in [2.45, 2.75) is 51.4 Å². The van der Waals surface area contributed by atoms with Gasteiger partial charge in [-0.25, -0.2) is 0 Å². The molecule has 2 aromatic rings. The fraction of sp³-hybridized carbons (Fsp3) is 0.400. The minimum Gasteiger partial charge on any atom is -0.508 e. The first-order chi connectivity index (χ1) is 10.6. The number of phenolic OH excluding ortho intramolecular Hbond substituents is 2. The third-order valence-corrected chi connectivity index (χ3v) is 4.54. The summed E-state index contributed by atoms with van der Waals surface area (Å²) in [5.74, 6) is 0.588. The van der Waals surface area contributed by atoms with E-state index in [1.165, 1.54) is 36.8 Å². The van der Waals surface area contributed by atoms with Gasteiger partial charge in [-0.15, -0.1) is 0 Å². The van der Waals surface area contributed by atoms with Crippen LogP contribution in [0, 0.1) is 0 Å². The molecule has 0 aliphatic carbocycles. The van der Waals surface area contributed by atoms with Crippen molar-refractivity contribution in [1.29, 1.82) is 0 Å². The molecule has 0 aromatic heterocycles. The van der Waals surface area contributed by atoms with Gasteiger partial charge in [-0.1, -0.05) is 63.8 Å². The van der Waals surface area contributed by atoms with Crippen LogP contribution in [0.25, 0.3) is 0 Å². The highest BCUT2D eigenvalue weighted by Gasteiger charge is 2.28. The molecule has 0 saturated heterocycles. The van der Waals surface area contributed by atoms with E-state index in [9.17, 15) is 10.2 Å². The van der Waals surface area contributed by atoms with Crippen LogP contribution in [0.2, 0.25) is 0 Å². The Morgan fingerprint density at radius 3 is 1.59 bits per heavy atom. The molecule has 0 spiro atoms. The molecule has 0 fully saturated rings. The summed E-state index contributed by atoms with van der Waals surface area (Å²) in [7, 11) is 0. The summed E-state index contributed by atoms with van der Waals surface area (Å²) < 4.78 is 0. The molecule has 0 atom stereocenters. The molecule has 0 heterocycles. The summed E-state index contributed by atoms with van der Waals surface area (Å²) in [5, 5.41) is 19.1. The van der Waals surface area contributed by atoms with Gasteiger partial charge >= 0.3 is 0 Å². The van der Waals surface area contributed by atoms with Gasteiger partial charge in [0, 0.05) is 5.41 Å². The lowest BCUT2D eigenvalue weighted by Gasteiger charge is -2.31. The molecule has 0 bridgehead atoms. The fourth-order valence-electron chi connectivity index (χ4n) is 3.02. The smallest absolute Gasteiger partial charge is 0.115 e. The van der Waals surface area contributed by atoms with E-state index in [-0.39, 0.29) is 5.41 Å². The average molecular weight is 298 g/mol. The number of rotatable bonds is 7. The second-order valence-electron chi connectivity index (χ2n) is 6.24. The van der Waals surface area contributed by atoms with Gasteiger partial charge in [-0.05, 0) is 41.8 Å². The number of hydrogen-bond donors (Lipinski definition) is 2. The molecule has 2 heteroatoms. The molecule has 0 amide bonds. The first-order valence-electron chi connectivity index (χ1n) is 8.15. The first-order valence-corrected chi connectivity index (χ1v) is 8.15. The third-order valence-electron chi connectivity index (χ3n) is 4.54. The van der Waals surface area contributed by atoms with Crippen LogP contribution in [0.1, 0.15) is 57.1 Å². The standard InChI is InChI=1S/C20H26O2/c1-3-4-5-6-15-20(2,16-7-11-18(21)12-8-16)17-9-13-19(22)14-10-17/h7-14,21-22H,3-6,15H2,1-2H3. The number of phenols is 2. The minimum absolute atomic E-state index is 0.102. The Bertz CT molecular complexity index is 524. The molecule has 0 aliphatic rings. The number of unbranched alkanes of at least 4 members (excludes halogenated alkanes) is 3. The van der Waals surface area contributed by atoms with Crippen LogP contribution >= 0.6 is 0 Å². The molecule has 2 nitrogen and oxygen atoms in total. The van der Waals surface area contributed by atoms with Crippen LogP contribution in [0.3, 0.4) is 0 Å². The van der Waals surface area contributed by atoms with Gasteiger partial charge in [0.25, 0.3) is 0 Å². The quantitative estimate of drug-likeness (QED) is 0.674. The number of hydrogen-bond acceptors (Lipinski definition) is 2. The summed E-state index contributed by atoms with van der Waals surface area (Å²) in [6.07, 6.45) is 5.97. The largest absolute Gasteiger partial charge is 0.508 e. The molecular formula is C20H26O2. The Morgan fingerprint density at radius 2 is 1.18 bits per heavy atom. The van der Waals surface area contributed by atoms with Crippen molar-refractivity contribution < 1.29 is 10.2 Å². The first kappa shape index (κ1) is 16.4. The zero-order valence-electron chi connectivity index (χ0n) is 13.5. The van der Waals surface area contributed by atoms with Crippen LogP contribution in [-0.2, 0) is 5.41 Å². The Labute approximate surface area is 133 Å². The maximum Gasteiger partial charge on any atom is 0.115 e. The van der Waals surface area contributed by atoms with Crippen molar-refractivity contribution in [3.05, 3.63) is 59.7 Å². The van der Waals surface area contributed by atoms with E-state index >= 15 is 0 Å². The van der Waals surface area contributed by atoms with Crippen LogP contribution in [0.5, 0.6) is 11.5 Å². The third kappa shape index (κ3) is 3.82. The molecule has 0 radical (unpaired) electrons. The van der Waals surface area contributed by atoms with Crippen LogP contribution < -0.4 is 0 Å². The van der Waals surface area contributed by atoms with Gasteiger partial charge in [-0.2, -0.15) is 0 Å². The maximum atomic E-state index is 9.54. The predicted molar refractivity (Wildman–Crippen MR) is 91.4 cm³/mol. The number of benzene rings is 2. The van der Waals surface area contributed by atoms with E-state index in [0.29, 0.717) is 11.5 Å². The summed E-state index contributed by atoms with van der Waals surface area (Å²) in [5.41, 5.74) is 2.30. The summed E-state index contributed by atoms with van der Waals surface area (Å²) in [6.45, 7) is 4.47. The van der Waals surface area contributed by atoms with Gasteiger partial charge in [0.2, 0.25) is 0 Å². The highest BCUT2D eigenvalue weighted by molar-refractivity contribution is 5.42. The lowest BCUT2D eigenvalue weighted by molar-refractivity contribution is 0.462. The van der Waals surface area contributed by atoms with E-state index in [1.807, 2.05) is 24.3 Å². The van der Waals surface area contributed by atoms with Gasteiger partial charge < -0.3 is 10.2 Å². The lowest BCUT2D eigenvalue weighted by Crippen LogP contribution is -2.23. The van der Waals surface area contributed by atoms with Gasteiger partial charge in [0.05, 0.1) is 0 Å². The van der Waals surface area contributed by atoms with Crippen molar-refractivity contribution in [2.24, 2.45) is 0 Å². The van der Waals surface area contributed by atoms with Crippen molar-refractivity contribution in [1.82, 2.24) is 0 Å². The van der Waals surface area contributed by atoms with E-state index in [2.05, 4.69) is 13.8 Å². The second kappa shape index (κ2) is 7.35. The topological polar surface area (TPSA) is 40.5 Å². The predicted octanol–water partition coefficient (Wildman–Crippen LogP) is 5.37. The molecule has 0 saturated carbocycles.